The fraction of sp³-hybridized carbons (Fsp3) is 0.222. The maximum atomic E-state index is 10.3. The van der Waals surface area contributed by atoms with Gasteiger partial charge in [-0.05, 0) is 17.7 Å². The van der Waals surface area contributed by atoms with Gasteiger partial charge in [0, 0.05) is 0 Å². The third-order valence-electron chi connectivity index (χ3n) is 1.63. The average Bonchev–Trinajstić information content (AvgIpc) is 2.17. The summed E-state index contributed by atoms with van der Waals surface area (Å²) in [4.78, 5) is 10.3. The molecular weight excluding hydrogens is 154 g/mol. The van der Waals surface area contributed by atoms with Crippen LogP contribution in [0.4, 0.5) is 0 Å². The van der Waals surface area contributed by atoms with Crippen molar-refractivity contribution in [1.29, 1.82) is 0 Å². The van der Waals surface area contributed by atoms with Gasteiger partial charge in [-0.25, -0.2) is 0 Å². The molecule has 0 fully saturated rings. The van der Waals surface area contributed by atoms with Crippen molar-refractivity contribution in [2.75, 3.05) is 7.11 Å². The van der Waals surface area contributed by atoms with Crippen molar-refractivity contribution in [3.63, 3.8) is 0 Å². The van der Waals surface area contributed by atoms with Crippen LogP contribution in [0.25, 0.3) is 0 Å². The molecule has 1 aromatic carbocycles. The molecule has 0 aromatic heterocycles. The average molecular weight is 165 g/mol. The van der Waals surface area contributed by atoms with Crippen molar-refractivity contribution in [1.82, 2.24) is 0 Å². The van der Waals surface area contributed by atoms with E-state index in [9.17, 15) is 4.79 Å². The standard InChI is InChI=1S/C9H11NO2/c1-12-8-4-2-3-7(5-8)9(10)6-11/h2-6,9H,10H2,1H3. The van der Waals surface area contributed by atoms with Gasteiger partial charge >= 0.3 is 0 Å². The van der Waals surface area contributed by atoms with E-state index < -0.39 is 6.04 Å². The van der Waals surface area contributed by atoms with Crippen LogP contribution in [0.3, 0.4) is 0 Å². The first-order valence-electron chi connectivity index (χ1n) is 3.62. The SMILES string of the molecule is COc1cccc(C(N)C=O)c1. The Kier molecular flexibility index (Phi) is 2.82. The van der Waals surface area contributed by atoms with Crippen molar-refractivity contribution in [3.8, 4) is 5.75 Å². The summed E-state index contributed by atoms with van der Waals surface area (Å²) in [5, 5.41) is 0. The Labute approximate surface area is 71.1 Å². The fourth-order valence-electron chi connectivity index (χ4n) is 0.927. The Hall–Kier alpha value is -1.35. The van der Waals surface area contributed by atoms with E-state index in [4.69, 9.17) is 10.5 Å². The molecule has 1 unspecified atom stereocenters. The van der Waals surface area contributed by atoms with Crippen LogP contribution in [0.2, 0.25) is 0 Å². The molecule has 12 heavy (non-hydrogen) atoms. The van der Waals surface area contributed by atoms with E-state index >= 15 is 0 Å². The van der Waals surface area contributed by atoms with Crippen molar-refractivity contribution >= 4 is 6.29 Å². The summed E-state index contributed by atoms with van der Waals surface area (Å²) in [5.74, 6) is 0.713. The van der Waals surface area contributed by atoms with Crippen molar-refractivity contribution in [3.05, 3.63) is 29.8 Å². The van der Waals surface area contributed by atoms with Gasteiger partial charge in [-0.15, -0.1) is 0 Å². The fourth-order valence-corrected chi connectivity index (χ4v) is 0.927. The molecule has 0 aliphatic carbocycles. The number of rotatable bonds is 3. The summed E-state index contributed by atoms with van der Waals surface area (Å²) in [6.07, 6.45) is 0.703. The van der Waals surface area contributed by atoms with E-state index in [0.717, 1.165) is 5.56 Å². The van der Waals surface area contributed by atoms with E-state index in [1.54, 1.807) is 31.4 Å². The summed E-state index contributed by atoms with van der Waals surface area (Å²) >= 11 is 0. The number of nitrogens with two attached hydrogens (primary N) is 1. The second kappa shape index (κ2) is 3.88. The van der Waals surface area contributed by atoms with Gasteiger partial charge in [0.15, 0.2) is 0 Å². The molecule has 0 aliphatic rings. The number of hydrogen-bond acceptors (Lipinski definition) is 3. The first-order chi connectivity index (χ1) is 5.77. The lowest BCUT2D eigenvalue weighted by atomic mass is 10.1. The van der Waals surface area contributed by atoms with Crippen LogP contribution >= 0.6 is 0 Å². The molecule has 0 saturated carbocycles. The largest absolute Gasteiger partial charge is 0.497 e. The summed E-state index contributed by atoms with van der Waals surface area (Å²) in [6.45, 7) is 0. The third-order valence-corrected chi connectivity index (χ3v) is 1.63. The van der Waals surface area contributed by atoms with Gasteiger partial charge in [0.25, 0.3) is 0 Å². The molecule has 2 N–H and O–H groups in total. The molecule has 0 radical (unpaired) electrons. The topological polar surface area (TPSA) is 52.3 Å². The molecule has 1 rings (SSSR count). The predicted molar refractivity (Wildman–Crippen MR) is 46.0 cm³/mol. The predicted octanol–water partition coefficient (Wildman–Crippen LogP) is 0.894. The number of benzene rings is 1. The second-order valence-corrected chi connectivity index (χ2v) is 2.44. The van der Waals surface area contributed by atoms with Gasteiger partial charge in [-0.3, -0.25) is 0 Å². The Morgan fingerprint density at radius 2 is 2.33 bits per heavy atom. The summed E-state index contributed by atoms with van der Waals surface area (Å²) in [6, 6.07) is 6.60. The molecule has 0 aliphatic heterocycles. The Morgan fingerprint density at radius 1 is 1.58 bits per heavy atom. The summed E-state index contributed by atoms with van der Waals surface area (Å²) in [7, 11) is 1.57. The number of aldehydes is 1. The first kappa shape index (κ1) is 8.74. The minimum absolute atomic E-state index is 0.555. The lowest BCUT2D eigenvalue weighted by molar-refractivity contribution is -0.109. The smallest absolute Gasteiger partial charge is 0.141 e. The van der Waals surface area contributed by atoms with Crippen LogP contribution in [-0.2, 0) is 4.79 Å². The van der Waals surface area contributed by atoms with Crippen LogP contribution < -0.4 is 10.5 Å². The lowest BCUT2D eigenvalue weighted by Gasteiger charge is -2.05. The highest BCUT2D eigenvalue weighted by molar-refractivity contribution is 5.61. The van der Waals surface area contributed by atoms with Crippen LogP contribution in [0, 0.1) is 0 Å². The van der Waals surface area contributed by atoms with Crippen molar-refractivity contribution < 1.29 is 9.53 Å². The molecule has 1 atom stereocenters. The molecular formula is C9H11NO2. The molecule has 3 nitrogen and oxygen atoms in total. The van der Waals surface area contributed by atoms with Gasteiger partial charge in [-0.2, -0.15) is 0 Å². The molecule has 64 valence electrons. The molecule has 0 bridgehead atoms. The molecule has 0 saturated heterocycles. The van der Waals surface area contributed by atoms with E-state index in [-0.39, 0.29) is 0 Å². The number of hydrogen-bond donors (Lipinski definition) is 1. The second-order valence-electron chi connectivity index (χ2n) is 2.44. The van der Waals surface area contributed by atoms with Gasteiger partial charge in [-0.1, -0.05) is 12.1 Å². The Balaban J connectivity index is 2.93. The van der Waals surface area contributed by atoms with Crippen LogP contribution in [0.15, 0.2) is 24.3 Å². The highest BCUT2D eigenvalue weighted by Gasteiger charge is 2.03. The number of methoxy groups -OCH3 is 1. The monoisotopic (exact) mass is 165 g/mol. The minimum Gasteiger partial charge on any atom is -0.497 e. The van der Waals surface area contributed by atoms with Gasteiger partial charge in [0.1, 0.15) is 12.0 Å². The zero-order valence-electron chi connectivity index (χ0n) is 6.86. The number of carbonyl (C=O) groups excluding carboxylic acids is 1. The van der Waals surface area contributed by atoms with E-state index in [1.165, 1.54) is 0 Å². The van der Waals surface area contributed by atoms with Crippen LogP contribution in [-0.4, -0.2) is 13.4 Å². The molecule has 0 heterocycles. The molecule has 0 amide bonds. The van der Waals surface area contributed by atoms with E-state index in [2.05, 4.69) is 0 Å². The summed E-state index contributed by atoms with van der Waals surface area (Å²) in [5.41, 5.74) is 6.26. The van der Waals surface area contributed by atoms with Gasteiger partial charge < -0.3 is 15.3 Å². The zero-order valence-corrected chi connectivity index (χ0v) is 6.86. The molecule has 0 spiro atoms. The zero-order chi connectivity index (χ0) is 8.97. The van der Waals surface area contributed by atoms with Crippen molar-refractivity contribution in [2.24, 2.45) is 5.73 Å². The van der Waals surface area contributed by atoms with Crippen molar-refractivity contribution in [2.45, 2.75) is 6.04 Å². The maximum absolute atomic E-state index is 10.3. The molecule has 3 heteroatoms. The van der Waals surface area contributed by atoms with Gasteiger partial charge in [0.05, 0.1) is 13.2 Å². The third kappa shape index (κ3) is 1.83. The first-order valence-corrected chi connectivity index (χ1v) is 3.62. The Morgan fingerprint density at radius 3 is 2.92 bits per heavy atom. The highest BCUT2D eigenvalue weighted by Crippen LogP contribution is 2.15. The summed E-state index contributed by atoms with van der Waals surface area (Å²) < 4.78 is 4.98. The minimum atomic E-state index is -0.555. The van der Waals surface area contributed by atoms with E-state index in [0.29, 0.717) is 12.0 Å². The van der Waals surface area contributed by atoms with E-state index in [1.807, 2.05) is 0 Å². The van der Waals surface area contributed by atoms with Crippen LogP contribution in [0.5, 0.6) is 5.75 Å². The Bertz CT molecular complexity index is 273. The number of carbonyl (C=O) groups is 1. The quantitative estimate of drug-likeness (QED) is 0.677. The maximum Gasteiger partial charge on any atom is 0.141 e. The normalized spacial score (nSPS) is 12.2. The molecule has 1 aromatic rings. The van der Waals surface area contributed by atoms with Gasteiger partial charge in [0.2, 0.25) is 0 Å². The highest BCUT2D eigenvalue weighted by atomic mass is 16.5. The lowest BCUT2D eigenvalue weighted by Crippen LogP contribution is -2.10. The van der Waals surface area contributed by atoms with Crippen LogP contribution in [0.1, 0.15) is 11.6 Å². The number of ether oxygens (including phenoxy) is 1.